The molecule has 0 aliphatic carbocycles. The summed E-state index contributed by atoms with van der Waals surface area (Å²) >= 11 is 1.88. The molecule has 19 heavy (non-hydrogen) atoms. The zero-order valence-corrected chi connectivity index (χ0v) is 15.0. The van der Waals surface area contributed by atoms with Crippen LogP contribution < -0.4 is 10.6 Å². The van der Waals surface area contributed by atoms with Crippen molar-refractivity contribution in [2.75, 3.05) is 25.1 Å². The molecule has 0 radical (unpaired) electrons. The van der Waals surface area contributed by atoms with E-state index in [9.17, 15) is 0 Å². The number of rotatable bonds is 6. The highest BCUT2D eigenvalue weighted by atomic mass is 127. The molecule has 0 aromatic rings. The van der Waals surface area contributed by atoms with Gasteiger partial charge in [0.15, 0.2) is 5.96 Å². The third-order valence-corrected chi connectivity index (χ3v) is 4.25. The van der Waals surface area contributed by atoms with E-state index in [4.69, 9.17) is 4.74 Å². The van der Waals surface area contributed by atoms with Crippen molar-refractivity contribution in [3.8, 4) is 0 Å². The molecule has 3 unspecified atom stereocenters. The summed E-state index contributed by atoms with van der Waals surface area (Å²) in [5.74, 6) is 2.14. The minimum Gasteiger partial charge on any atom is -0.373 e. The number of fused-ring (bicyclic) bond motifs is 2. The van der Waals surface area contributed by atoms with Gasteiger partial charge in [-0.3, -0.25) is 4.99 Å². The summed E-state index contributed by atoms with van der Waals surface area (Å²) in [6, 6.07) is 0.460. The van der Waals surface area contributed by atoms with E-state index in [0.29, 0.717) is 18.2 Å². The molecule has 2 rings (SSSR count). The van der Waals surface area contributed by atoms with Gasteiger partial charge in [0.25, 0.3) is 0 Å². The molecule has 2 aliphatic rings. The number of nitrogens with one attached hydrogen (secondary N) is 2. The number of hydrogen-bond donors (Lipinski definition) is 2. The Hall–Kier alpha value is 0.310. The topological polar surface area (TPSA) is 45.7 Å². The Morgan fingerprint density at radius 1 is 1.42 bits per heavy atom. The molecule has 2 saturated heterocycles. The second-order valence-corrected chi connectivity index (χ2v) is 5.95. The lowest BCUT2D eigenvalue weighted by Crippen LogP contribution is -2.47. The Balaban J connectivity index is 0.00000180. The van der Waals surface area contributed by atoms with E-state index in [2.05, 4.69) is 28.8 Å². The van der Waals surface area contributed by atoms with Gasteiger partial charge in [0, 0.05) is 13.1 Å². The summed E-state index contributed by atoms with van der Waals surface area (Å²) in [5.41, 5.74) is 0. The average molecular weight is 399 g/mol. The second kappa shape index (κ2) is 9.28. The normalized spacial score (nSPS) is 29.2. The van der Waals surface area contributed by atoms with Crippen molar-refractivity contribution < 1.29 is 4.74 Å². The first kappa shape index (κ1) is 17.4. The van der Waals surface area contributed by atoms with Crippen LogP contribution in [-0.2, 0) is 4.74 Å². The molecule has 2 fully saturated rings. The Morgan fingerprint density at radius 3 is 2.84 bits per heavy atom. The van der Waals surface area contributed by atoms with E-state index in [-0.39, 0.29) is 24.0 Å². The summed E-state index contributed by atoms with van der Waals surface area (Å²) in [6.45, 7) is 3.92. The summed E-state index contributed by atoms with van der Waals surface area (Å²) in [6.07, 6.45) is 7.76. The lowest BCUT2D eigenvalue weighted by atomic mass is 9.96. The van der Waals surface area contributed by atoms with E-state index < -0.39 is 0 Å². The highest BCUT2D eigenvalue weighted by molar-refractivity contribution is 14.0. The predicted molar refractivity (Wildman–Crippen MR) is 93.8 cm³/mol. The highest BCUT2D eigenvalue weighted by Gasteiger charge is 2.41. The zero-order valence-electron chi connectivity index (χ0n) is 11.9. The van der Waals surface area contributed by atoms with Gasteiger partial charge >= 0.3 is 0 Å². The first-order chi connectivity index (χ1) is 8.83. The SMILES string of the molecule is CCNC(=NCCCSC)NC1CC2CCC1O2.I. The Morgan fingerprint density at radius 2 is 2.26 bits per heavy atom. The molecule has 6 heteroatoms. The van der Waals surface area contributed by atoms with Crippen molar-refractivity contribution in [3.05, 3.63) is 0 Å². The predicted octanol–water partition coefficient (Wildman–Crippen LogP) is 2.23. The molecule has 0 spiro atoms. The van der Waals surface area contributed by atoms with Gasteiger partial charge in [-0.1, -0.05) is 0 Å². The molecule has 0 aromatic heterocycles. The van der Waals surface area contributed by atoms with E-state index in [1.54, 1.807) is 0 Å². The summed E-state index contributed by atoms with van der Waals surface area (Å²) in [5, 5.41) is 6.85. The number of ether oxygens (including phenoxy) is 1. The van der Waals surface area contributed by atoms with Crippen LogP contribution in [0.15, 0.2) is 4.99 Å². The summed E-state index contributed by atoms with van der Waals surface area (Å²) < 4.78 is 5.86. The maximum Gasteiger partial charge on any atom is 0.191 e. The largest absolute Gasteiger partial charge is 0.373 e. The van der Waals surface area contributed by atoms with Crippen molar-refractivity contribution in [1.82, 2.24) is 10.6 Å². The first-order valence-electron chi connectivity index (χ1n) is 7.02. The van der Waals surface area contributed by atoms with Crippen LogP contribution in [0, 0.1) is 0 Å². The van der Waals surface area contributed by atoms with E-state index in [1.165, 1.54) is 18.6 Å². The highest BCUT2D eigenvalue weighted by Crippen LogP contribution is 2.34. The fourth-order valence-corrected chi connectivity index (χ4v) is 3.10. The van der Waals surface area contributed by atoms with Crippen molar-refractivity contribution >= 4 is 41.7 Å². The van der Waals surface area contributed by atoms with Gasteiger partial charge in [-0.2, -0.15) is 11.8 Å². The Kier molecular flexibility index (Phi) is 8.48. The number of thioether (sulfide) groups is 1. The van der Waals surface area contributed by atoms with Gasteiger partial charge in [0.1, 0.15) is 0 Å². The van der Waals surface area contributed by atoms with Crippen LogP contribution in [0.5, 0.6) is 0 Å². The third kappa shape index (κ3) is 5.30. The van der Waals surface area contributed by atoms with Crippen LogP contribution in [0.3, 0.4) is 0 Å². The number of aliphatic imine (C=N–C) groups is 1. The van der Waals surface area contributed by atoms with Crippen molar-refractivity contribution in [1.29, 1.82) is 0 Å². The lowest BCUT2D eigenvalue weighted by Gasteiger charge is -2.22. The molecule has 2 N–H and O–H groups in total. The van der Waals surface area contributed by atoms with E-state index >= 15 is 0 Å². The monoisotopic (exact) mass is 399 g/mol. The quantitative estimate of drug-likeness (QED) is 0.311. The molecule has 0 aromatic carbocycles. The van der Waals surface area contributed by atoms with Crippen LogP contribution in [0.2, 0.25) is 0 Å². The third-order valence-electron chi connectivity index (χ3n) is 3.55. The minimum atomic E-state index is 0. The van der Waals surface area contributed by atoms with E-state index in [0.717, 1.165) is 31.9 Å². The molecule has 2 heterocycles. The van der Waals surface area contributed by atoms with Gasteiger partial charge in [-0.05, 0) is 44.6 Å². The van der Waals surface area contributed by atoms with Gasteiger partial charge < -0.3 is 15.4 Å². The molecule has 0 amide bonds. The van der Waals surface area contributed by atoms with Crippen LogP contribution in [0.1, 0.15) is 32.6 Å². The van der Waals surface area contributed by atoms with Crippen molar-refractivity contribution in [3.63, 3.8) is 0 Å². The van der Waals surface area contributed by atoms with Crippen LogP contribution >= 0.6 is 35.7 Å². The van der Waals surface area contributed by atoms with Gasteiger partial charge in [-0.25, -0.2) is 0 Å². The van der Waals surface area contributed by atoms with Crippen molar-refractivity contribution in [2.24, 2.45) is 4.99 Å². The smallest absolute Gasteiger partial charge is 0.191 e. The maximum absolute atomic E-state index is 5.86. The molecule has 2 bridgehead atoms. The first-order valence-corrected chi connectivity index (χ1v) is 8.42. The standard InChI is InChI=1S/C13H25N3OS.HI/c1-3-14-13(15-7-4-8-18-2)16-11-9-10-5-6-12(11)17-10;/h10-12H,3-9H2,1-2H3,(H2,14,15,16);1H. The Bertz CT molecular complexity index is 291. The number of nitrogens with zero attached hydrogens (tertiary/aromatic N) is 1. The number of halogens is 1. The molecular formula is C13H26IN3OS. The van der Waals surface area contributed by atoms with Crippen molar-refractivity contribution in [2.45, 2.75) is 50.9 Å². The molecule has 4 nitrogen and oxygen atoms in total. The van der Waals surface area contributed by atoms with Crippen LogP contribution in [0.4, 0.5) is 0 Å². The van der Waals surface area contributed by atoms with Gasteiger partial charge in [-0.15, -0.1) is 24.0 Å². The maximum atomic E-state index is 5.86. The Labute approximate surface area is 137 Å². The molecule has 112 valence electrons. The number of hydrogen-bond acceptors (Lipinski definition) is 3. The van der Waals surface area contributed by atoms with Gasteiger partial charge in [0.05, 0.1) is 18.2 Å². The van der Waals surface area contributed by atoms with E-state index in [1.807, 2.05) is 11.8 Å². The summed E-state index contributed by atoms with van der Waals surface area (Å²) in [4.78, 5) is 4.62. The van der Waals surface area contributed by atoms with Crippen LogP contribution in [-0.4, -0.2) is 49.3 Å². The zero-order chi connectivity index (χ0) is 12.8. The van der Waals surface area contributed by atoms with Crippen LogP contribution in [0.25, 0.3) is 0 Å². The van der Waals surface area contributed by atoms with Gasteiger partial charge in [0.2, 0.25) is 0 Å². The molecule has 3 atom stereocenters. The molecule has 0 saturated carbocycles. The number of guanidine groups is 1. The second-order valence-electron chi connectivity index (χ2n) is 4.97. The molecular weight excluding hydrogens is 373 g/mol. The summed E-state index contributed by atoms with van der Waals surface area (Å²) in [7, 11) is 0. The lowest BCUT2D eigenvalue weighted by molar-refractivity contribution is 0.0992. The fraction of sp³-hybridized carbons (Fsp3) is 0.923. The molecule has 2 aliphatic heterocycles. The minimum absolute atomic E-state index is 0. The average Bonchev–Trinajstić information content (AvgIpc) is 2.97. The fourth-order valence-electron chi connectivity index (χ4n) is 2.69.